The third-order valence-electron chi connectivity index (χ3n) is 5.04. The predicted octanol–water partition coefficient (Wildman–Crippen LogP) is 0.281. The normalized spacial score (nSPS) is 18.6. The Bertz CT molecular complexity index is 731. The van der Waals surface area contributed by atoms with Gasteiger partial charge in [0.25, 0.3) is 5.91 Å². The lowest BCUT2D eigenvalue weighted by molar-refractivity contribution is -0.142. The van der Waals surface area contributed by atoms with E-state index >= 15 is 0 Å². The second kappa shape index (κ2) is 8.01. The summed E-state index contributed by atoms with van der Waals surface area (Å²) in [5, 5.41) is 4.26. The van der Waals surface area contributed by atoms with Crippen molar-refractivity contribution in [3.63, 3.8) is 0 Å². The van der Waals surface area contributed by atoms with Crippen LogP contribution in [-0.2, 0) is 9.53 Å². The lowest BCUT2D eigenvalue weighted by atomic mass is 10.1. The van der Waals surface area contributed by atoms with E-state index in [0.717, 1.165) is 11.3 Å². The molecule has 1 atom stereocenters. The number of fused-ring (bicyclic) bond motifs is 1. The fraction of sp³-hybridized carbons (Fsp3) is 0.556. The third kappa shape index (κ3) is 3.65. The number of hydrogen-bond acceptors (Lipinski definition) is 8. The van der Waals surface area contributed by atoms with Crippen molar-refractivity contribution in [2.24, 2.45) is 10.7 Å². The molecule has 9 nitrogen and oxygen atoms in total. The number of anilines is 1. The molecule has 0 radical (unpaired) electrons. The minimum atomic E-state index is -0.423. The number of nitrogens with two attached hydrogens (primary N) is 1. The third-order valence-corrected chi connectivity index (χ3v) is 5.04. The van der Waals surface area contributed by atoms with Gasteiger partial charge in [0.2, 0.25) is 0 Å². The molecule has 1 aromatic carbocycles. The molecule has 2 N–H and O–H groups in total. The van der Waals surface area contributed by atoms with E-state index in [9.17, 15) is 4.79 Å². The van der Waals surface area contributed by atoms with Gasteiger partial charge in [-0.1, -0.05) is 0 Å². The van der Waals surface area contributed by atoms with Gasteiger partial charge in [-0.05, 0) is 13.0 Å². The van der Waals surface area contributed by atoms with Crippen LogP contribution in [0.2, 0.25) is 0 Å². The zero-order valence-corrected chi connectivity index (χ0v) is 16.3. The molecule has 0 saturated carbocycles. The summed E-state index contributed by atoms with van der Waals surface area (Å²) in [5.41, 5.74) is 7.84. The van der Waals surface area contributed by atoms with Crippen molar-refractivity contribution < 1.29 is 19.0 Å². The van der Waals surface area contributed by atoms with Gasteiger partial charge in [-0.15, -0.1) is 0 Å². The van der Waals surface area contributed by atoms with E-state index in [1.54, 1.807) is 28.3 Å². The van der Waals surface area contributed by atoms with E-state index in [4.69, 9.17) is 19.9 Å². The zero-order chi connectivity index (χ0) is 19.6. The van der Waals surface area contributed by atoms with Gasteiger partial charge in [0.05, 0.1) is 19.9 Å². The van der Waals surface area contributed by atoms with Crippen LogP contribution in [0.4, 0.5) is 5.69 Å². The maximum absolute atomic E-state index is 12.3. The van der Waals surface area contributed by atoms with Crippen molar-refractivity contribution in [2.75, 3.05) is 59.2 Å². The Hall–Kier alpha value is -2.52. The first-order chi connectivity index (χ1) is 13.0. The first-order valence-electron chi connectivity index (χ1n) is 8.90. The summed E-state index contributed by atoms with van der Waals surface area (Å²) in [7, 11) is 4.75. The maximum atomic E-state index is 12.3. The van der Waals surface area contributed by atoms with Crippen molar-refractivity contribution >= 4 is 17.4 Å². The summed E-state index contributed by atoms with van der Waals surface area (Å²) in [6.07, 6.45) is -0.423. The molecule has 0 aromatic heterocycles. The van der Waals surface area contributed by atoms with Gasteiger partial charge >= 0.3 is 0 Å². The number of aliphatic imine (C=N–C) groups is 1. The van der Waals surface area contributed by atoms with Crippen molar-refractivity contribution in [3.05, 3.63) is 17.7 Å². The summed E-state index contributed by atoms with van der Waals surface area (Å²) in [6.45, 7) is 4.86. The molecule has 1 unspecified atom stereocenters. The summed E-state index contributed by atoms with van der Waals surface area (Å²) in [5.74, 6) is 1.74. The molecule has 1 aromatic rings. The highest BCUT2D eigenvalue weighted by Crippen LogP contribution is 2.37. The van der Waals surface area contributed by atoms with Gasteiger partial charge in [0.1, 0.15) is 18.6 Å². The Balaban J connectivity index is 1.79. The van der Waals surface area contributed by atoms with Crippen molar-refractivity contribution in [1.29, 1.82) is 0 Å². The molecule has 2 heterocycles. The maximum Gasteiger partial charge on any atom is 0.251 e. The number of ether oxygens (including phenoxy) is 3. The number of amidine groups is 1. The van der Waals surface area contributed by atoms with Gasteiger partial charge in [-0.25, -0.2) is 10.0 Å². The standard InChI is InChI=1S/C18H27N5O4/c1-12(25-2)18(24)21-5-7-22(8-6-21)23-11-20-17(19)13-9-15(26-3)16(27-4)10-14(13)23/h9-10,12H,5-8,11H2,1-4H3,(H2,19,20). The van der Waals surface area contributed by atoms with Crippen LogP contribution < -0.4 is 20.2 Å². The molecule has 0 bridgehead atoms. The number of methoxy groups -OCH3 is 3. The van der Waals surface area contributed by atoms with Crippen LogP contribution in [-0.4, -0.2) is 81.9 Å². The Morgan fingerprint density at radius 2 is 1.74 bits per heavy atom. The van der Waals surface area contributed by atoms with Gasteiger partial charge < -0.3 is 24.8 Å². The molecular weight excluding hydrogens is 350 g/mol. The number of benzene rings is 1. The van der Waals surface area contributed by atoms with Crippen LogP contribution in [0.5, 0.6) is 11.5 Å². The second-order valence-electron chi connectivity index (χ2n) is 6.47. The van der Waals surface area contributed by atoms with Crippen LogP contribution in [0.25, 0.3) is 0 Å². The highest BCUT2D eigenvalue weighted by molar-refractivity contribution is 6.04. The lowest BCUT2D eigenvalue weighted by Gasteiger charge is -2.43. The zero-order valence-electron chi connectivity index (χ0n) is 16.3. The molecule has 0 aliphatic carbocycles. The molecule has 1 amide bonds. The number of hydrogen-bond donors (Lipinski definition) is 1. The smallest absolute Gasteiger partial charge is 0.251 e. The van der Waals surface area contributed by atoms with Gasteiger partial charge in [-0.3, -0.25) is 9.80 Å². The second-order valence-corrected chi connectivity index (χ2v) is 6.47. The Labute approximate surface area is 159 Å². The molecule has 1 fully saturated rings. The van der Waals surface area contributed by atoms with Gasteiger partial charge in [-0.2, -0.15) is 0 Å². The van der Waals surface area contributed by atoms with Crippen LogP contribution in [0, 0.1) is 0 Å². The number of piperazine rings is 1. The Morgan fingerprint density at radius 1 is 1.11 bits per heavy atom. The van der Waals surface area contributed by atoms with Gasteiger partial charge in [0.15, 0.2) is 11.5 Å². The van der Waals surface area contributed by atoms with Crippen molar-refractivity contribution in [1.82, 2.24) is 9.91 Å². The average Bonchev–Trinajstić information content (AvgIpc) is 2.72. The number of rotatable bonds is 5. The first-order valence-corrected chi connectivity index (χ1v) is 8.90. The van der Waals surface area contributed by atoms with E-state index in [0.29, 0.717) is 50.2 Å². The first kappa shape index (κ1) is 19.2. The highest BCUT2D eigenvalue weighted by Gasteiger charge is 2.30. The molecule has 27 heavy (non-hydrogen) atoms. The number of amides is 1. The van der Waals surface area contributed by atoms with Crippen molar-refractivity contribution in [2.45, 2.75) is 13.0 Å². The topological polar surface area (TPSA) is 92.9 Å². The summed E-state index contributed by atoms with van der Waals surface area (Å²) in [4.78, 5) is 18.6. The highest BCUT2D eigenvalue weighted by atomic mass is 16.5. The largest absolute Gasteiger partial charge is 0.493 e. The van der Waals surface area contributed by atoms with Crippen molar-refractivity contribution in [3.8, 4) is 11.5 Å². The molecule has 1 saturated heterocycles. The SMILES string of the molecule is COc1cc2c(cc1OC)N(N1CCN(C(=O)C(C)OC)CC1)CN=C2N. The predicted molar refractivity (Wildman–Crippen MR) is 102 cm³/mol. The van der Waals surface area contributed by atoms with Crippen LogP contribution in [0.3, 0.4) is 0 Å². The minimum absolute atomic E-state index is 0.0184. The summed E-state index contributed by atoms with van der Waals surface area (Å²) in [6, 6.07) is 3.76. The number of carbonyl (C=O) groups is 1. The fourth-order valence-electron chi connectivity index (χ4n) is 3.35. The van der Waals surface area contributed by atoms with Crippen LogP contribution in [0.1, 0.15) is 12.5 Å². The molecule has 148 valence electrons. The van der Waals surface area contributed by atoms with E-state index < -0.39 is 6.10 Å². The molecule has 0 spiro atoms. The van der Waals surface area contributed by atoms with Crippen LogP contribution >= 0.6 is 0 Å². The number of carbonyl (C=O) groups excluding carboxylic acids is 1. The van der Waals surface area contributed by atoms with E-state index in [2.05, 4.69) is 15.0 Å². The van der Waals surface area contributed by atoms with Crippen LogP contribution in [0.15, 0.2) is 17.1 Å². The fourth-order valence-corrected chi connectivity index (χ4v) is 3.35. The molecule has 2 aliphatic rings. The Morgan fingerprint density at radius 3 is 2.33 bits per heavy atom. The lowest BCUT2D eigenvalue weighted by Crippen LogP contribution is -2.57. The number of hydrazine groups is 1. The van der Waals surface area contributed by atoms with E-state index in [-0.39, 0.29) is 5.91 Å². The quantitative estimate of drug-likeness (QED) is 0.788. The van der Waals surface area contributed by atoms with E-state index in [1.165, 1.54) is 0 Å². The molecule has 2 aliphatic heterocycles. The monoisotopic (exact) mass is 377 g/mol. The molecular formula is C18H27N5O4. The van der Waals surface area contributed by atoms with E-state index in [1.807, 2.05) is 17.0 Å². The molecule has 3 rings (SSSR count). The minimum Gasteiger partial charge on any atom is -0.493 e. The molecule has 9 heteroatoms. The number of nitrogens with zero attached hydrogens (tertiary/aromatic N) is 4. The average molecular weight is 377 g/mol. The Kier molecular flexibility index (Phi) is 5.71. The van der Waals surface area contributed by atoms with Gasteiger partial charge in [0, 0.05) is 44.9 Å². The summed E-state index contributed by atoms with van der Waals surface area (Å²) >= 11 is 0. The summed E-state index contributed by atoms with van der Waals surface area (Å²) < 4.78 is 16.0.